The van der Waals surface area contributed by atoms with E-state index in [-0.39, 0.29) is 5.97 Å². The fraction of sp³-hybridized carbons (Fsp3) is 0.292. The van der Waals surface area contributed by atoms with Crippen LogP contribution in [0.3, 0.4) is 0 Å². The molecule has 1 aliphatic rings. The first kappa shape index (κ1) is 18.6. The van der Waals surface area contributed by atoms with Gasteiger partial charge in [-0.1, -0.05) is 6.07 Å². The second-order valence-electron chi connectivity index (χ2n) is 7.91. The molecule has 3 heterocycles. The van der Waals surface area contributed by atoms with Crippen molar-refractivity contribution in [2.75, 3.05) is 18.6 Å². The number of H-pyrrole nitrogens is 1. The summed E-state index contributed by atoms with van der Waals surface area (Å²) in [5.41, 5.74) is 4.98. The van der Waals surface area contributed by atoms with E-state index in [9.17, 15) is 4.79 Å². The maximum Gasteiger partial charge on any atom is 0.337 e. The van der Waals surface area contributed by atoms with Gasteiger partial charge in [0.15, 0.2) is 5.82 Å². The van der Waals surface area contributed by atoms with Gasteiger partial charge in [-0.2, -0.15) is 0 Å². The fourth-order valence-corrected chi connectivity index (χ4v) is 4.30. The molecule has 1 aliphatic heterocycles. The molecule has 4 aromatic rings. The Kier molecular flexibility index (Phi) is 4.62. The molecular formula is C24H24N4O2. The van der Waals surface area contributed by atoms with E-state index < -0.39 is 0 Å². The van der Waals surface area contributed by atoms with Crippen LogP contribution in [-0.4, -0.2) is 40.6 Å². The summed E-state index contributed by atoms with van der Waals surface area (Å²) >= 11 is 0. The quantitative estimate of drug-likeness (QED) is 0.493. The third-order valence-corrected chi connectivity index (χ3v) is 5.97. The van der Waals surface area contributed by atoms with Crippen LogP contribution >= 0.6 is 0 Å². The van der Waals surface area contributed by atoms with Gasteiger partial charge < -0.3 is 14.6 Å². The highest BCUT2D eigenvalue weighted by atomic mass is 16.5. The molecule has 0 aliphatic carbocycles. The third kappa shape index (κ3) is 3.18. The van der Waals surface area contributed by atoms with Gasteiger partial charge in [0.1, 0.15) is 5.69 Å². The van der Waals surface area contributed by atoms with E-state index in [4.69, 9.17) is 14.7 Å². The molecule has 6 heteroatoms. The number of anilines is 1. The van der Waals surface area contributed by atoms with E-state index in [2.05, 4.69) is 41.1 Å². The zero-order valence-electron chi connectivity index (χ0n) is 17.2. The van der Waals surface area contributed by atoms with Gasteiger partial charge in [0.05, 0.1) is 23.7 Å². The molecule has 2 aromatic heterocycles. The van der Waals surface area contributed by atoms with E-state index in [1.54, 1.807) is 12.1 Å². The Bertz CT molecular complexity index is 1250. The minimum absolute atomic E-state index is 0.367. The number of fused-ring (bicyclic) bond motifs is 2. The maximum absolute atomic E-state index is 12.0. The number of carbonyl (C=O) groups excluding carboxylic acids is 1. The van der Waals surface area contributed by atoms with Crippen molar-refractivity contribution in [3.8, 4) is 11.3 Å². The number of nitrogens with zero attached hydrogens (tertiary/aromatic N) is 3. The molecule has 1 saturated heterocycles. The topological polar surface area (TPSA) is 71.1 Å². The predicted molar refractivity (Wildman–Crippen MR) is 119 cm³/mol. The summed E-state index contributed by atoms with van der Waals surface area (Å²) in [4.78, 5) is 27.6. The number of carbonyl (C=O) groups is 1. The number of piperidine rings is 1. The third-order valence-electron chi connectivity index (χ3n) is 5.97. The molecule has 30 heavy (non-hydrogen) atoms. The molecule has 6 nitrogen and oxygen atoms in total. The number of aromatic amines is 1. The van der Waals surface area contributed by atoms with Gasteiger partial charge in [0.25, 0.3) is 0 Å². The van der Waals surface area contributed by atoms with Gasteiger partial charge >= 0.3 is 5.97 Å². The Morgan fingerprint density at radius 1 is 1.10 bits per heavy atom. The average molecular weight is 400 g/mol. The Morgan fingerprint density at radius 2 is 2.00 bits per heavy atom. The highest BCUT2D eigenvalue weighted by Gasteiger charge is 2.24. The van der Waals surface area contributed by atoms with Crippen LogP contribution in [0.15, 0.2) is 48.7 Å². The van der Waals surface area contributed by atoms with Gasteiger partial charge in [0.2, 0.25) is 0 Å². The number of benzene rings is 2. The first-order valence-electron chi connectivity index (χ1n) is 10.4. The van der Waals surface area contributed by atoms with E-state index >= 15 is 0 Å². The smallest absolute Gasteiger partial charge is 0.337 e. The van der Waals surface area contributed by atoms with Crippen molar-refractivity contribution >= 4 is 33.7 Å². The maximum atomic E-state index is 12.0. The van der Waals surface area contributed by atoms with Gasteiger partial charge in [-0.3, -0.25) is 0 Å². The van der Waals surface area contributed by atoms with Crippen molar-refractivity contribution in [3.05, 3.63) is 54.2 Å². The minimum atomic E-state index is -0.367. The van der Waals surface area contributed by atoms with Crippen LogP contribution in [0.5, 0.6) is 0 Å². The molecule has 0 bridgehead atoms. The lowest BCUT2D eigenvalue weighted by Gasteiger charge is -2.35. The van der Waals surface area contributed by atoms with Crippen molar-refractivity contribution in [2.45, 2.75) is 32.2 Å². The lowest BCUT2D eigenvalue weighted by atomic mass is 10.0. The Labute approximate surface area is 174 Å². The minimum Gasteiger partial charge on any atom is -0.465 e. The Morgan fingerprint density at radius 3 is 2.83 bits per heavy atom. The Hall–Kier alpha value is -3.41. The first-order valence-corrected chi connectivity index (χ1v) is 10.4. The molecular weight excluding hydrogens is 376 g/mol. The van der Waals surface area contributed by atoms with Crippen molar-refractivity contribution < 1.29 is 9.53 Å². The van der Waals surface area contributed by atoms with Crippen LogP contribution < -0.4 is 4.90 Å². The number of ether oxygens (including phenoxy) is 1. The van der Waals surface area contributed by atoms with Crippen LogP contribution in [0, 0.1) is 0 Å². The first-order chi connectivity index (χ1) is 14.6. The molecule has 0 spiro atoms. The van der Waals surface area contributed by atoms with E-state index in [0.717, 1.165) is 52.9 Å². The average Bonchev–Trinajstić information content (AvgIpc) is 3.25. The van der Waals surface area contributed by atoms with E-state index in [0.29, 0.717) is 17.1 Å². The van der Waals surface area contributed by atoms with Crippen molar-refractivity contribution in [3.63, 3.8) is 0 Å². The van der Waals surface area contributed by atoms with Crippen LogP contribution in [0.1, 0.15) is 36.5 Å². The highest BCUT2D eigenvalue weighted by Crippen LogP contribution is 2.34. The zero-order chi connectivity index (χ0) is 20.7. The van der Waals surface area contributed by atoms with Gasteiger partial charge in [-0.25, -0.2) is 14.8 Å². The van der Waals surface area contributed by atoms with Crippen molar-refractivity contribution in [2.24, 2.45) is 0 Å². The number of methoxy groups -OCH3 is 1. The fourth-order valence-electron chi connectivity index (χ4n) is 4.30. The summed E-state index contributed by atoms with van der Waals surface area (Å²) in [6, 6.07) is 14.1. The van der Waals surface area contributed by atoms with Crippen LogP contribution in [0.4, 0.5) is 5.82 Å². The molecule has 0 amide bonds. The summed E-state index contributed by atoms with van der Waals surface area (Å²) in [5, 5.41) is 1.15. The molecule has 1 N–H and O–H groups in total. The highest BCUT2D eigenvalue weighted by molar-refractivity contribution is 5.95. The number of nitrogens with one attached hydrogen (secondary N) is 1. The molecule has 2 aromatic carbocycles. The van der Waals surface area contributed by atoms with Crippen molar-refractivity contribution in [1.82, 2.24) is 15.0 Å². The normalized spacial score (nSPS) is 16.9. The summed E-state index contributed by atoms with van der Waals surface area (Å²) in [7, 11) is 1.39. The molecule has 1 atom stereocenters. The SMILES string of the molecule is COC(=O)c1ccc2nc(-c3ccc4[nH]ccc4c3)c(N3CCCCC3C)nc2c1. The lowest BCUT2D eigenvalue weighted by molar-refractivity contribution is 0.0601. The van der Waals surface area contributed by atoms with Crippen LogP contribution in [-0.2, 0) is 4.74 Å². The Balaban J connectivity index is 1.72. The molecule has 1 unspecified atom stereocenters. The van der Waals surface area contributed by atoms with Crippen LogP contribution in [0.25, 0.3) is 33.2 Å². The number of hydrogen-bond donors (Lipinski definition) is 1. The number of hydrogen-bond acceptors (Lipinski definition) is 5. The number of esters is 1. The monoisotopic (exact) mass is 400 g/mol. The molecule has 0 saturated carbocycles. The van der Waals surface area contributed by atoms with Crippen LogP contribution in [0.2, 0.25) is 0 Å². The zero-order valence-corrected chi connectivity index (χ0v) is 17.2. The van der Waals surface area contributed by atoms with Gasteiger partial charge in [0, 0.05) is 35.2 Å². The second-order valence-corrected chi connectivity index (χ2v) is 7.91. The van der Waals surface area contributed by atoms with E-state index in [1.807, 2.05) is 12.3 Å². The number of rotatable bonds is 3. The summed E-state index contributed by atoms with van der Waals surface area (Å²) in [6.07, 6.45) is 5.46. The molecule has 0 radical (unpaired) electrons. The van der Waals surface area contributed by atoms with Crippen molar-refractivity contribution in [1.29, 1.82) is 0 Å². The lowest BCUT2D eigenvalue weighted by Crippen LogP contribution is -2.38. The van der Waals surface area contributed by atoms with E-state index in [1.165, 1.54) is 13.5 Å². The standard InChI is InChI=1S/C24H24N4O2/c1-15-5-3-4-12-28(15)23-22(17-6-8-19-16(13-17)10-11-25-19)26-20-9-7-18(24(29)30-2)14-21(20)27-23/h6-11,13-15,25H,3-5,12H2,1-2H3. The summed E-state index contributed by atoms with van der Waals surface area (Å²) in [5.74, 6) is 0.514. The van der Waals surface area contributed by atoms with Gasteiger partial charge in [-0.15, -0.1) is 0 Å². The van der Waals surface area contributed by atoms with Gasteiger partial charge in [-0.05, 0) is 62.6 Å². The second kappa shape index (κ2) is 7.44. The largest absolute Gasteiger partial charge is 0.465 e. The molecule has 1 fully saturated rings. The summed E-state index contributed by atoms with van der Waals surface area (Å²) < 4.78 is 4.87. The predicted octanol–water partition coefficient (Wildman–Crippen LogP) is 4.94. The molecule has 5 rings (SSSR count). The number of aromatic nitrogens is 3. The molecule has 152 valence electrons. The summed E-state index contributed by atoms with van der Waals surface area (Å²) in [6.45, 7) is 3.20.